The maximum Gasteiger partial charge on any atom is 0.409 e. The Kier molecular flexibility index (Phi) is 4.24. The van der Waals surface area contributed by atoms with E-state index < -0.39 is 0 Å². The Balaban J connectivity index is 1.87. The number of amides is 1. The van der Waals surface area contributed by atoms with Crippen molar-refractivity contribution in [3.8, 4) is 6.07 Å². The molecule has 0 unspecified atom stereocenters. The summed E-state index contributed by atoms with van der Waals surface area (Å²) in [6, 6.07) is 9.75. The van der Waals surface area contributed by atoms with Crippen LogP contribution in [0.2, 0.25) is 0 Å². The number of anilines is 1. The lowest BCUT2D eigenvalue weighted by atomic mass is 10.1. The zero-order chi connectivity index (χ0) is 16.2. The van der Waals surface area contributed by atoms with Gasteiger partial charge in [-0.3, -0.25) is 0 Å². The molecule has 0 N–H and O–H groups in total. The fraction of sp³-hybridized carbons (Fsp3) is 0.375. The van der Waals surface area contributed by atoms with E-state index in [1.165, 1.54) is 0 Å². The number of rotatable bonds is 2. The van der Waals surface area contributed by atoms with Crippen molar-refractivity contribution < 1.29 is 9.53 Å². The molecule has 3 rings (SSSR count). The monoisotopic (exact) mass is 311 g/mol. The Morgan fingerprint density at radius 2 is 2.00 bits per heavy atom. The third-order valence-electron chi connectivity index (χ3n) is 3.87. The van der Waals surface area contributed by atoms with Gasteiger partial charge in [0, 0.05) is 31.6 Å². The van der Waals surface area contributed by atoms with E-state index in [0.29, 0.717) is 38.5 Å². The molecule has 118 valence electrons. The number of nitriles is 1. The van der Waals surface area contributed by atoms with Crippen LogP contribution in [0.5, 0.6) is 0 Å². The van der Waals surface area contributed by atoms with Gasteiger partial charge in [0.2, 0.25) is 0 Å². The maximum absolute atomic E-state index is 11.8. The highest BCUT2D eigenvalue weighted by atomic mass is 16.6. The zero-order valence-electron chi connectivity index (χ0n) is 12.9. The second-order valence-corrected chi connectivity index (χ2v) is 5.20. The number of aromatic nitrogens is 2. The van der Waals surface area contributed by atoms with Crippen LogP contribution in [0.3, 0.4) is 0 Å². The lowest BCUT2D eigenvalue weighted by molar-refractivity contribution is 0.105. The van der Waals surface area contributed by atoms with Crippen LogP contribution in [0.1, 0.15) is 12.6 Å². The summed E-state index contributed by atoms with van der Waals surface area (Å²) in [6.07, 6.45) is -0.287. The number of nitrogens with zero attached hydrogens (tertiary/aromatic N) is 5. The Hall–Kier alpha value is -2.88. The molecule has 7 nitrogen and oxygen atoms in total. The standard InChI is InChI=1S/C16H17N5O2/c1-2-23-16(22)21-9-7-20(8-10-21)15-12-5-3-4-6-13(12)18-19-14(15)11-17/h3-6H,2,7-10H2,1H3. The first kappa shape index (κ1) is 15.0. The second-order valence-electron chi connectivity index (χ2n) is 5.20. The number of hydrogen-bond acceptors (Lipinski definition) is 6. The van der Waals surface area contributed by atoms with Gasteiger partial charge in [-0.1, -0.05) is 18.2 Å². The molecule has 0 saturated carbocycles. The minimum Gasteiger partial charge on any atom is -0.450 e. The van der Waals surface area contributed by atoms with Crippen molar-refractivity contribution in [2.45, 2.75) is 6.92 Å². The van der Waals surface area contributed by atoms with Crippen molar-refractivity contribution in [3.63, 3.8) is 0 Å². The maximum atomic E-state index is 11.8. The van der Waals surface area contributed by atoms with Crippen molar-refractivity contribution in [2.75, 3.05) is 37.7 Å². The number of piperazine rings is 1. The van der Waals surface area contributed by atoms with Gasteiger partial charge < -0.3 is 14.5 Å². The van der Waals surface area contributed by atoms with Crippen LogP contribution in [0.15, 0.2) is 24.3 Å². The van der Waals surface area contributed by atoms with Crippen LogP contribution in [-0.4, -0.2) is 54.0 Å². The van der Waals surface area contributed by atoms with Crippen molar-refractivity contribution in [3.05, 3.63) is 30.0 Å². The Morgan fingerprint density at radius 1 is 1.26 bits per heavy atom. The summed E-state index contributed by atoms with van der Waals surface area (Å²) < 4.78 is 5.03. The van der Waals surface area contributed by atoms with Gasteiger partial charge in [0.1, 0.15) is 6.07 Å². The van der Waals surface area contributed by atoms with Crippen LogP contribution >= 0.6 is 0 Å². The second kappa shape index (κ2) is 6.48. The fourth-order valence-electron chi connectivity index (χ4n) is 2.76. The largest absolute Gasteiger partial charge is 0.450 e. The fourth-order valence-corrected chi connectivity index (χ4v) is 2.76. The van der Waals surface area contributed by atoms with Gasteiger partial charge in [-0.15, -0.1) is 10.2 Å². The average Bonchev–Trinajstić information content (AvgIpc) is 2.61. The average molecular weight is 311 g/mol. The number of benzene rings is 1. The van der Waals surface area contributed by atoms with E-state index in [9.17, 15) is 10.1 Å². The number of ether oxygens (including phenoxy) is 1. The summed E-state index contributed by atoms with van der Waals surface area (Å²) >= 11 is 0. The normalized spacial score (nSPS) is 14.6. The SMILES string of the molecule is CCOC(=O)N1CCN(c2c(C#N)nnc3ccccc23)CC1. The van der Waals surface area contributed by atoms with Crippen molar-refractivity contribution in [2.24, 2.45) is 0 Å². The first-order chi connectivity index (χ1) is 11.2. The smallest absolute Gasteiger partial charge is 0.409 e. The van der Waals surface area contributed by atoms with E-state index in [2.05, 4.69) is 21.2 Å². The first-order valence-electron chi connectivity index (χ1n) is 7.56. The highest BCUT2D eigenvalue weighted by Crippen LogP contribution is 2.28. The van der Waals surface area contributed by atoms with Gasteiger partial charge in [-0.2, -0.15) is 5.26 Å². The molecule has 1 aliphatic rings. The van der Waals surface area contributed by atoms with E-state index in [0.717, 1.165) is 16.6 Å². The minimum absolute atomic E-state index is 0.287. The summed E-state index contributed by atoms with van der Waals surface area (Å²) in [4.78, 5) is 15.6. The van der Waals surface area contributed by atoms with Crippen LogP contribution in [0, 0.1) is 11.3 Å². The molecule has 1 aromatic heterocycles. The van der Waals surface area contributed by atoms with Crippen LogP contribution in [-0.2, 0) is 4.74 Å². The van der Waals surface area contributed by atoms with Crippen LogP contribution < -0.4 is 4.90 Å². The van der Waals surface area contributed by atoms with Gasteiger partial charge >= 0.3 is 6.09 Å². The molecule has 23 heavy (non-hydrogen) atoms. The minimum atomic E-state index is -0.287. The van der Waals surface area contributed by atoms with Gasteiger partial charge in [0.15, 0.2) is 5.69 Å². The van der Waals surface area contributed by atoms with E-state index in [1.54, 1.807) is 11.8 Å². The van der Waals surface area contributed by atoms with Crippen LogP contribution in [0.25, 0.3) is 10.9 Å². The van der Waals surface area contributed by atoms with Crippen molar-refractivity contribution in [1.29, 1.82) is 5.26 Å². The quantitative estimate of drug-likeness (QED) is 0.841. The summed E-state index contributed by atoms with van der Waals surface area (Å²) in [7, 11) is 0. The Labute approximate surface area is 134 Å². The lowest BCUT2D eigenvalue weighted by Crippen LogP contribution is -2.49. The molecule has 0 aliphatic carbocycles. The topological polar surface area (TPSA) is 82.4 Å². The molecule has 1 fully saturated rings. The molecule has 0 bridgehead atoms. The van der Waals surface area contributed by atoms with Crippen molar-refractivity contribution in [1.82, 2.24) is 15.1 Å². The summed E-state index contributed by atoms with van der Waals surface area (Å²) in [5, 5.41) is 18.4. The molecule has 2 aromatic rings. The van der Waals surface area contributed by atoms with Gasteiger partial charge in [-0.25, -0.2) is 4.79 Å². The number of hydrogen-bond donors (Lipinski definition) is 0. The Morgan fingerprint density at radius 3 is 2.70 bits per heavy atom. The molecule has 1 saturated heterocycles. The number of carbonyl (C=O) groups is 1. The molecule has 1 aliphatic heterocycles. The van der Waals surface area contributed by atoms with E-state index in [-0.39, 0.29) is 6.09 Å². The highest BCUT2D eigenvalue weighted by Gasteiger charge is 2.25. The highest BCUT2D eigenvalue weighted by molar-refractivity contribution is 5.93. The van der Waals surface area contributed by atoms with E-state index in [4.69, 9.17) is 4.74 Å². The van der Waals surface area contributed by atoms with Gasteiger partial charge in [0.05, 0.1) is 17.8 Å². The number of carbonyl (C=O) groups excluding carboxylic acids is 1. The molecule has 1 amide bonds. The molecule has 0 radical (unpaired) electrons. The molecule has 1 aromatic carbocycles. The lowest BCUT2D eigenvalue weighted by Gasteiger charge is -2.35. The van der Waals surface area contributed by atoms with Crippen molar-refractivity contribution >= 4 is 22.7 Å². The van der Waals surface area contributed by atoms with E-state index >= 15 is 0 Å². The molecule has 0 atom stereocenters. The third-order valence-corrected chi connectivity index (χ3v) is 3.87. The molecular formula is C16H17N5O2. The summed E-state index contributed by atoms with van der Waals surface area (Å²) in [5.74, 6) is 0. The molecule has 2 heterocycles. The van der Waals surface area contributed by atoms with Gasteiger partial charge in [-0.05, 0) is 13.0 Å². The predicted octanol–water partition coefficient (Wildman–Crippen LogP) is 1.78. The summed E-state index contributed by atoms with van der Waals surface area (Å²) in [5.41, 5.74) is 1.87. The molecule has 0 spiro atoms. The zero-order valence-corrected chi connectivity index (χ0v) is 12.9. The predicted molar refractivity (Wildman–Crippen MR) is 85.1 cm³/mol. The van der Waals surface area contributed by atoms with E-state index in [1.807, 2.05) is 24.3 Å². The molecule has 7 heteroatoms. The summed E-state index contributed by atoms with van der Waals surface area (Å²) in [6.45, 7) is 4.53. The van der Waals surface area contributed by atoms with Crippen LogP contribution in [0.4, 0.5) is 10.5 Å². The van der Waals surface area contributed by atoms with Gasteiger partial charge in [0.25, 0.3) is 0 Å². The Bertz CT molecular complexity index is 763. The third kappa shape index (κ3) is 2.88. The number of fused-ring (bicyclic) bond motifs is 1. The first-order valence-corrected chi connectivity index (χ1v) is 7.56. The molecular weight excluding hydrogens is 294 g/mol.